The molecule has 2 aromatic rings. The van der Waals surface area contributed by atoms with Gasteiger partial charge >= 0.3 is 6.03 Å². The predicted octanol–water partition coefficient (Wildman–Crippen LogP) is 3.15. The number of rotatable bonds is 3. The highest BCUT2D eigenvalue weighted by molar-refractivity contribution is 5.95. The molecule has 0 bridgehead atoms. The van der Waals surface area contributed by atoms with Gasteiger partial charge in [0.2, 0.25) is 0 Å². The SMILES string of the molecule is CN(C)C(=O)c1cc(NC(=O)N2CCCC2c2ccccc2)ccn1. The Morgan fingerprint density at radius 1 is 1.20 bits per heavy atom. The summed E-state index contributed by atoms with van der Waals surface area (Å²) in [6.07, 6.45) is 3.47. The maximum atomic E-state index is 12.7. The van der Waals surface area contributed by atoms with E-state index in [0.29, 0.717) is 11.4 Å². The van der Waals surface area contributed by atoms with Gasteiger partial charge < -0.3 is 15.1 Å². The van der Waals surface area contributed by atoms with Gasteiger partial charge in [-0.15, -0.1) is 0 Å². The maximum absolute atomic E-state index is 12.7. The molecule has 0 radical (unpaired) electrons. The van der Waals surface area contributed by atoms with Crippen LogP contribution in [-0.4, -0.2) is 47.4 Å². The monoisotopic (exact) mass is 338 g/mol. The fourth-order valence-corrected chi connectivity index (χ4v) is 3.08. The van der Waals surface area contributed by atoms with E-state index in [1.165, 1.54) is 11.1 Å². The molecule has 3 amide bonds. The second-order valence-corrected chi connectivity index (χ2v) is 6.32. The second kappa shape index (κ2) is 7.34. The van der Waals surface area contributed by atoms with Crippen LogP contribution in [-0.2, 0) is 0 Å². The zero-order valence-electron chi connectivity index (χ0n) is 14.5. The van der Waals surface area contributed by atoms with Crippen LogP contribution in [0.5, 0.6) is 0 Å². The largest absolute Gasteiger partial charge is 0.343 e. The molecule has 2 heterocycles. The van der Waals surface area contributed by atoms with Crippen molar-refractivity contribution in [1.29, 1.82) is 0 Å². The standard InChI is InChI=1S/C19H22N4O2/c1-22(2)18(24)16-13-15(10-11-20-16)21-19(25)23-12-6-9-17(23)14-7-4-3-5-8-14/h3-5,7-8,10-11,13,17H,6,9,12H2,1-2H3,(H,20,21,25). The normalized spacial score (nSPS) is 16.6. The minimum absolute atomic E-state index is 0.0888. The third kappa shape index (κ3) is 3.79. The fraction of sp³-hybridized carbons (Fsp3) is 0.316. The van der Waals surface area contributed by atoms with Crippen LogP contribution in [0.25, 0.3) is 0 Å². The summed E-state index contributed by atoms with van der Waals surface area (Å²) in [5, 5.41) is 2.89. The van der Waals surface area contributed by atoms with Gasteiger partial charge in [-0.25, -0.2) is 4.79 Å². The fourth-order valence-electron chi connectivity index (χ4n) is 3.08. The zero-order valence-corrected chi connectivity index (χ0v) is 14.5. The van der Waals surface area contributed by atoms with E-state index >= 15 is 0 Å². The van der Waals surface area contributed by atoms with Gasteiger partial charge in [-0.3, -0.25) is 9.78 Å². The molecule has 1 fully saturated rings. The highest BCUT2D eigenvalue weighted by atomic mass is 16.2. The first-order valence-electron chi connectivity index (χ1n) is 8.36. The summed E-state index contributed by atoms with van der Waals surface area (Å²) in [4.78, 5) is 32.1. The molecule has 130 valence electrons. The number of urea groups is 1. The Labute approximate surface area is 147 Å². The van der Waals surface area contributed by atoms with Crippen LogP contribution in [0.15, 0.2) is 48.7 Å². The first-order valence-corrected chi connectivity index (χ1v) is 8.36. The third-order valence-corrected chi connectivity index (χ3v) is 4.33. The predicted molar refractivity (Wildman–Crippen MR) is 96.4 cm³/mol. The first-order chi connectivity index (χ1) is 12.1. The number of carbonyl (C=O) groups excluding carboxylic acids is 2. The van der Waals surface area contributed by atoms with Crippen molar-refractivity contribution in [3.8, 4) is 0 Å². The Balaban J connectivity index is 1.74. The Bertz CT molecular complexity index is 761. The van der Waals surface area contributed by atoms with Crippen LogP contribution in [0, 0.1) is 0 Å². The topological polar surface area (TPSA) is 65.5 Å². The van der Waals surface area contributed by atoms with E-state index in [9.17, 15) is 9.59 Å². The van der Waals surface area contributed by atoms with E-state index in [0.717, 1.165) is 24.9 Å². The van der Waals surface area contributed by atoms with Gasteiger partial charge in [0.1, 0.15) is 5.69 Å². The van der Waals surface area contributed by atoms with E-state index in [-0.39, 0.29) is 18.0 Å². The third-order valence-electron chi connectivity index (χ3n) is 4.33. The van der Waals surface area contributed by atoms with Gasteiger partial charge in [0, 0.05) is 32.5 Å². The molecule has 0 spiro atoms. The molecule has 1 saturated heterocycles. The van der Waals surface area contributed by atoms with Gasteiger partial charge in [-0.2, -0.15) is 0 Å². The van der Waals surface area contributed by atoms with Crippen molar-refractivity contribution in [1.82, 2.24) is 14.8 Å². The molecule has 1 aliphatic heterocycles. The maximum Gasteiger partial charge on any atom is 0.322 e. The van der Waals surface area contributed by atoms with E-state index in [1.807, 2.05) is 23.1 Å². The van der Waals surface area contributed by atoms with Gasteiger partial charge in [-0.1, -0.05) is 30.3 Å². The number of hydrogen-bond acceptors (Lipinski definition) is 3. The molecule has 25 heavy (non-hydrogen) atoms. The summed E-state index contributed by atoms with van der Waals surface area (Å²) < 4.78 is 0. The summed E-state index contributed by atoms with van der Waals surface area (Å²) in [6.45, 7) is 0.722. The molecule has 1 atom stereocenters. The Hall–Kier alpha value is -2.89. The molecule has 1 N–H and O–H groups in total. The lowest BCUT2D eigenvalue weighted by Gasteiger charge is -2.25. The summed E-state index contributed by atoms with van der Waals surface area (Å²) in [5.41, 5.74) is 2.03. The number of amides is 3. The highest BCUT2D eigenvalue weighted by Crippen LogP contribution is 2.32. The average molecular weight is 338 g/mol. The minimum atomic E-state index is -0.195. The number of benzene rings is 1. The molecule has 6 nitrogen and oxygen atoms in total. The lowest BCUT2D eigenvalue weighted by atomic mass is 10.1. The number of nitrogens with zero attached hydrogens (tertiary/aromatic N) is 3. The lowest BCUT2D eigenvalue weighted by Crippen LogP contribution is -2.34. The molecular formula is C19H22N4O2. The van der Waals surface area contributed by atoms with E-state index in [1.54, 1.807) is 26.2 Å². The van der Waals surface area contributed by atoms with Crippen LogP contribution >= 0.6 is 0 Å². The Kier molecular flexibility index (Phi) is 4.97. The van der Waals surface area contributed by atoms with E-state index in [4.69, 9.17) is 0 Å². The van der Waals surface area contributed by atoms with Crippen molar-refractivity contribution in [2.75, 3.05) is 26.0 Å². The van der Waals surface area contributed by atoms with E-state index < -0.39 is 0 Å². The Morgan fingerprint density at radius 2 is 1.96 bits per heavy atom. The number of anilines is 1. The molecule has 1 aromatic carbocycles. The summed E-state index contributed by atoms with van der Waals surface area (Å²) in [5.74, 6) is -0.195. The van der Waals surface area contributed by atoms with Gasteiger partial charge in [-0.05, 0) is 30.5 Å². The number of carbonyl (C=O) groups is 2. The molecule has 3 rings (SSSR count). The van der Waals surface area contributed by atoms with Gasteiger partial charge in [0.15, 0.2) is 0 Å². The van der Waals surface area contributed by atoms with Crippen LogP contribution in [0.1, 0.15) is 34.9 Å². The van der Waals surface area contributed by atoms with Crippen molar-refractivity contribution >= 4 is 17.6 Å². The molecule has 0 aliphatic carbocycles. The van der Waals surface area contributed by atoms with Crippen molar-refractivity contribution in [3.63, 3.8) is 0 Å². The molecule has 0 saturated carbocycles. The summed E-state index contributed by atoms with van der Waals surface area (Å²) in [6, 6.07) is 13.3. The summed E-state index contributed by atoms with van der Waals surface area (Å²) in [7, 11) is 3.34. The number of likely N-dealkylation sites (tertiary alicyclic amines) is 1. The van der Waals surface area contributed by atoms with Crippen LogP contribution in [0.4, 0.5) is 10.5 Å². The smallest absolute Gasteiger partial charge is 0.322 e. The first kappa shape index (κ1) is 17.0. The van der Waals surface area contributed by atoms with Gasteiger partial charge in [0.05, 0.1) is 6.04 Å². The highest BCUT2D eigenvalue weighted by Gasteiger charge is 2.29. The molecule has 1 aliphatic rings. The van der Waals surface area contributed by atoms with Crippen LogP contribution in [0.2, 0.25) is 0 Å². The van der Waals surface area contributed by atoms with Gasteiger partial charge in [0.25, 0.3) is 5.91 Å². The summed E-state index contributed by atoms with van der Waals surface area (Å²) >= 11 is 0. The van der Waals surface area contributed by atoms with Crippen molar-refractivity contribution in [3.05, 3.63) is 59.9 Å². The average Bonchev–Trinajstić information content (AvgIpc) is 3.12. The van der Waals surface area contributed by atoms with Crippen LogP contribution in [0.3, 0.4) is 0 Å². The number of hydrogen-bond donors (Lipinski definition) is 1. The van der Waals surface area contributed by atoms with E-state index in [2.05, 4.69) is 22.4 Å². The number of nitrogens with one attached hydrogen (secondary N) is 1. The molecular weight excluding hydrogens is 316 g/mol. The molecule has 6 heteroatoms. The zero-order chi connectivity index (χ0) is 17.8. The second-order valence-electron chi connectivity index (χ2n) is 6.32. The van der Waals surface area contributed by atoms with Crippen LogP contribution < -0.4 is 5.32 Å². The van der Waals surface area contributed by atoms with Crippen molar-refractivity contribution < 1.29 is 9.59 Å². The quantitative estimate of drug-likeness (QED) is 0.935. The molecule has 1 unspecified atom stereocenters. The van der Waals surface area contributed by atoms with Crippen molar-refractivity contribution in [2.45, 2.75) is 18.9 Å². The minimum Gasteiger partial charge on any atom is -0.343 e. The lowest BCUT2D eigenvalue weighted by molar-refractivity contribution is 0.0822. The Morgan fingerprint density at radius 3 is 2.68 bits per heavy atom. The number of aromatic nitrogens is 1. The van der Waals surface area contributed by atoms with Crippen molar-refractivity contribution in [2.24, 2.45) is 0 Å². The number of pyridine rings is 1. The molecule has 1 aromatic heterocycles.